The first-order valence-corrected chi connectivity index (χ1v) is 11.0. The Morgan fingerprint density at radius 2 is 1.66 bits per heavy atom. The third-order valence-electron chi connectivity index (χ3n) is 5.32. The summed E-state index contributed by atoms with van der Waals surface area (Å²) >= 11 is -0.423. The molecule has 0 radical (unpaired) electrons. The average Bonchev–Trinajstić information content (AvgIpc) is 3.00. The Labute approximate surface area is 174 Å². The summed E-state index contributed by atoms with van der Waals surface area (Å²) in [5, 5.41) is 11.6. The van der Waals surface area contributed by atoms with Gasteiger partial charge in [0.25, 0.3) is 0 Å². The fraction of sp³-hybridized carbons (Fsp3) is 0.174. The molecule has 0 bridgehead atoms. The molecule has 0 heterocycles. The minimum atomic E-state index is -1.05. The van der Waals surface area contributed by atoms with Gasteiger partial charge in [0.1, 0.15) is 0 Å². The molecule has 0 aromatic heterocycles. The van der Waals surface area contributed by atoms with Crippen LogP contribution in [-0.2, 0) is 6.42 Å². The molecule has 3 aromatic carbocycles. The second kappa shape index (κ2) is 7.90. The van der Waals surface area contributed by atoms with E-state index in [0.717, 1.165) is 10.0 Å². The molecule has 0 spiro atoms. The van der Waals surface area contributed by atoms with Gasteiger partial charge in [0.15, 0.2) is 0 Å². The van der Waals surface area contributed by atoms with E-state index in [2.05, 4.69) is 0 Å². The molecule has 4 nitrogen and oxygen atoms in total. The van der Waals surface area contributed by atoms with Gasteiger partial charge >= 0.3 is 174 Å². The number of halogens is 1. The number of fused-ring (bicyclic) bond motifs is 1. The maximum absolute atomic E-state index is 14.8. The van der Waals surface area contributed by atoms with Crippen LogP contribution in [0.25, 0.3) is 0 Å². The number of ketones is 1. The van der Waals surface area contributed by atoms with Gasteiger partial charge in [-0.25, -0.2) is 0 Å². The minimum absolute atomic E-state index is 0.118. The van der Waals surface area contributed by atoms with Gasteiger partial charge in [-0.3, -0.25) is 0 Å². The van der Waals surface area contributed by atoms with E-state index < -0.39 is 42.5 Å². The third kappa shape index (κ3) is 3.61. The summed E-state index contributed by atoms with van der Waals surface area (Å²) in [6, 6.07) is 23.0. The molecule has 0 aliphatic heterocycles. The predicted molar refractivity (Wildman–Crippen MR) is 110 cm³/mol. The average molecular weight is 454 g/mol. The van der Waals surface area contributed by atoms with Gasteiger partial charge < -0.3 is 0 Å². The Bertz CT molecular complexity index is 1070. The van der Waals surface area contributed by atoms with Crippen LogP contribution in [0.1, 0.15) is 27.4 Å². The molecule has 0 saturated carbocycles. The Balaban J connectivity index is 1.90. The second-order valence-corrected chi connectivity index (χ2v) is 10.0. The van der Waals surface area contributed by atoms with Crippen molar-refractivity contribution in [3.05, 3.63) is 111 Å². The van der Waals surface area contributed by atoms with Crippen molar-refractivity contribution in [1.82, 2.24) is 0 Å². The van der Waals surface area contributed by atoms with Crippen molar-refractivity contribution in [1.29, 1.82) is 0 Å². The predicted octanol–water partition coefficient (Wildman–Crippen LogP) is 3.81. The first kappa shape index (κ1) is 19.5. The molecule has 0 N–H and O–H groups in total. The molecule has 29 heavy (non-hydrogen) atoms. The molecule has 3 aromatic rings. The van der Waals surface area contributed by atoms with Crippen LogP contribution < -0.4 is 4.46 Å². The zero-order valence-corrected chi connectivity index (χ0v) is 17.2. The molecular formula is C23H18FNO3Se. The van der Waals surface area contributed by atoms with Crippen molar-refractivity contribution in [2.24, 2.45) is 0 Å². The number of hydrogen-bond donors (Lipinski definition) is 0. The number of nitro groups is 1. The van der Waals surface area contributed by atoms with E-state index >= 15 is 0 Å². The van der Waals surface area contributed by atoms with Gasteiger partial charge in [-0.05, 0) is 0 Å². The zero-order valence-electron chi connectivity index (χ0n) is 15.5. The second-order valence-electron chi connectivity index (χ2n) is 7.06. The number of rotatable bonds is 6. The van der Waals surface area contributed by atoms with Gasteiger partial charge in [-0.15, -0.1) is 0 Å². The van der Waals surface area contributed by atoms with Gasteiger partial charge in [-0.1, -0.05) is 0 Å². The number of hydrogen-bond acceptors (Lipinski definition) is 3. The van der Waals surface area contributed by atoms with Gasteiger partial charge in [0.2, 0.25) is 0 Å². The van der Waals surface area contributed by atoms with Crippen molar-refractivity contribution < 1.29 is 14.1 Å². The molecule has 4 rings (SSSR count). The van der Waals surface area contributed by atoms with E-state index in [4.69, 9.17) is 0 Å². The topological polar surface area (TPSA) is 60.2 Å². The van der Waals surface area contributed by atoms with Crippen molar-refractivity contribution >= 4 is 25.2 Å². The summed E-state index contributed by atoms with van der Waals surface area (Å²) in [7, 11) is 0. The van der Waals surface area contributed by atoms with Crippen molar-refractivity contribution in [2.75, 3.05) is 6.54 Å². The Morgan fingerprint density at radius 1 is 1.00 bits per heavy atom. The molecule has 146 valence electrons. The molecule has 6 heteroatoms. The summed E-state index contributed by atoms with van der Waals surface area (Å²) in [6.07, 6.45) is 0.379. The monoisotopic (exact) mass is 455 g/mol. The Hall–Kier alpha value is -2.82. The summed E-state index contributed by atoms with van der Waals surface area (Å²) in [6.45, 7) is -0.491. The van der Waals surface area contributed by atoms with E-state index in [1.165, 1.54) is 6.07 Å². The molecule has 0 fully saturated rings. The fourth-order valence-corrected chi connectivity index (χ4v) is 7.15. The molecule has 0 unspecified atom stereocenters. The third-order valence-corrected chi connectivity index (χ3v) is 8.44. The number of carbonyl (C=O) groups is 1. The van der Waals surface area contributed by atoms with Gasteiger partial charge in [-0.2, -0.15) is 0 Å². The summed E-state index contributed by atoms with van der Waals surface area (Å²) in [4.78, 5) is 24.9. The fourth-order valence-electron chi connectivity index (χ4n) is 4.02. The number of benzene rings is 3. The van der Waals surface area contributed by atoms with Gasteiger partial charge in [0.05, 0.1) is 0 Å². The normalized spacial score (nSPS) is 19.0. The van der Waals surface area contributed by atoms with Crippen LogP contribution in [0.5, 0.6) is 0 Å². The van der Waals surface area contributed by atoms with Crippen molar-refractivity contribution in [3.63, 3.8) is 0 Å². The molecule has 0 saturated heterocycles. The summed E-state index contributed by atoms with van der Waals surface area (Å²) in [5.41, 5.74) is 1.71. The number of nitrogens with zero attached hydrogens (tertiary/aromatic N) is 1. The molecule has 0 amide bonds. The van der Waals surface area contributed by atoms with Crippen LogP contribution in [-0.4, -0.2) is 32.2 Å². The molecular weight excluding hydrogens is 436 g/mol. The molecule has 1 aliphatic rings. The van der Waals surface area contributed by atoms with E-state index in [1.807, 2.05) is 42.5 Å². The van der Waals surface area contributed by atoms with Crippen LogP contribution in [0.15, 0.2) is 78.9 Å². The first-order valence-electron chi connectivity index (χ1n) is 9.24. The van der Waals surface area contributed by atoms with Gasteiger partial charge in [0, 0.05) is 0 Å². The molecule has 1 aliphatic carbocycles. The summed E-state index contributed by atoms with van der Waals surface area (Å²) in [5.74, 6) is -1.47. The van der Waals surface area contributed by atoms with Crippen molar-refractivity contribution in [3.8, 4) is 0 Å². The standard InChI is InChI=1S/C23H18FNO3Se/c24-21-13-7-6-12-19(21)20(15-25(27)28)23(29-17-9-2-1-3-10-17)14-16-8-4-5-11-18(16)22(23)26/h1-13,20H,14-15H2/t20-,23-/m1/s1. The number of carbonyl (C=O) groups excluding carboxylic acids is 1. The van der Waals surface area contributed by atoms with Crippen molar-refractivity contribution in [2.45, 2.75) is 16.7 Å². The number of Topliss-reactive ketones (excluding diaryl/α,β-unsaturated/α-hetero) is 1. The summed E-state index contributed by atoms with van der Waals surface area (Å²) < 4.78 is 14.7. The van der Waals surface area contributed by atoms with E-state index in [-0.39, 0.29) is 11.3 Å². The van der Waals surface area contributed by atoms with Crippen LogP contribution in [0.2, 0.25) is 4.31 Å². The maximum atomic E-state index is 14.8. The van der Waals surface area contributed by atoms with Crippen LogP contribution in [0.3, 0.4) is 0 Å². The zero-order chi connectivity index (χ0) is 20.4. The first-order chi connectivity index (χ1) is 14.0. The van der Waals surface area contributed by atoms with E-state index in [0.29, 0.717) is 12.0 Å². The quantitative estimate of drug-likeness (QED) is 0.323. The van der Waals surface area contributed by atoms with E-state index in [1.54, 1.807) is 30.3 Å². The molecule has 2 atom stereocenters. The van der Waals surface area contributed by atoms with Crippen LogP contribution in [0, 0.1) is 15.9 Å². The van der Waals surface area contributed by atoms with E-state index in [9.17, 15) is 19.3 Å². The SMILES string of the molecule is O=C1c2ccccc2C[C@@]1([Se]c1ccccc1)[C@H](C[N+](=O)[O-])c1ccccc1F. The Kier molecular flexibility index (Phi) is 5.31. The van der Waals surface area contributed by atoms with Crippen LogP contribution >= 0.6 is 0 Å². The Morgan fingerprint density at radius 3 is 2.34 bits per heavy atom. The van der Waals surface area contributed by atoms with Crippen LogP contribution in [0.4, 0.5) is 4.39 Å².